The summed E-state index contributed by atoms with van der Waals surface area (Å²) in [5.74, 6) is 1.08. The predicted molar refractivity (Wildman–Crippen MR) is 88.7 cm³/mol. The third-order valence-corrected chi connectivity index (χ3v) is 5.57. The van der Waals surface area contributed by atoms with Crippen LogP contribution in [0.3, 0.4) is 0 Å². The Labute approximate surface area is 134 Å². The zero-order valence-corrected chi connectivity index (χ0v) is 13.7. The second-order valence-electron chi connectivity index (χ2n) is 7.08. The molecular weight excluding hydrogens is 272 g/mol. The highest BCUT2D eigenvalue weighted by Gasteiger charge is 2.37. The van der Waals surface area contributed by atoms with Gasteiger partial charge in [0.05, 0.1) is 18.6 Å². The van der Waals surface area contributed by atoms with Gasteiger partial charge in [0, 0.05) is 5.92 Å². The van der Waals surface area contributed by atoms with Gasteiger partial charge >= 0.3 is 0 Å². The molecule has 22 heavy (non-hydrogen) atoms. The van der Waals surface area contributed by atoms with Crippen molar-refractivity contribution in [3.63, 3.8) is 0 Å². The molecule has 1 unspecified atom stereocenters. The fourth-order valence-corrected chi connectivity index (χ4v) is 4.41. The smallest absolute Gasteiger partial charge is 0.275 e. The average Bonchev–Trinajstić information content (AvgIpc) is 2.56. The van der Waals surface area contributed by atoms with Crippen LogP contribution in [0.1, 0.15) is 57.1 Å². The Balaban J connectivity index is 1.54. The largest absolute Gasteiger partial charge is 0.345 e. The van der Waals surface area contributed by atoms with Crippen LogP contribution in [0.2, 0.25) is 0 Å². The number of carbonyl (C=O) groups is 1. The molecule has 1 saturated heterocycles. The molecule has 0 radical (unpaired) electrons. The van der Waals surface area contributed by atoms with E-state index in [1.165, 1.54) is 55.5 Å². The van der Waals surface area contributed by atoms with Gasteiger partial charge in [0.2, 0.25) is 0 Å². The maximum atomic E-state index is 12.4. The van der Waals surface area contributed by atoms with Crippen LogP contribution in [0.4, 0.5) is 0 Å². The normalized spacial score (nSPS) is 29.4. The van der Waals surface area contributed by atoms with E-state index in [9.17, 15) is 4.79 Å². The number of benzene rings is 1. The Morgan fingerprint density at radius 1 is 1.18 bits per heavy atom. The summed E-state index contributed by atoms with van der Waals surface area (Å²) < 4.78 is 0. The molecule has 2 N–H and O–H groups in total. The number of hydrogen-bond donors (Lipinski definition) is 2. The molecule has 120 valence electrons. The lowest BCUT2D eigenvalue weighted by Gasteiger charge is -2.40. The molecule has 3 rings (SSSR count). The number of piperidine rings is 1. The number of fused-ring (bicyclic) bond motifs is 1. The van der Waals surface area contributed by atoms with E-state index in [1.54, 1.807) is 0 Å². The molecule has 3 nitrogen and oxygen atoms in total. The summed E-state index contributed by atoms with van der Waals surface area (Å²) in [5.41, 5.74) is 1.18. The summed E-state index contributed by atoms with van der Waals surface area (Å²) in [5, 5.41) is 3.18. The van der Waals surface area contributed by atoms with E-state index in [0.717, 1.165) is 12.0 Å². The van der Waals surface area contributed by atoms with Gasteiger partial charge in [0.25, 0.3) is 5.91 Å². The molecule has 1 aromatic rings. The maximum Gasteiger partial charge on any atom is 0.275 e. The van der Waals surface area contributed by atoms with Crippen LogP contribution in [-0.4, -0.2) is 25.0 Å². The van der Waals surface area contributed by atoms with Crippen LogP contribution in [0, 0.1) is 5.92 Å². The Morgan fingerprint density at radius 2 is 1.91 bits per heavy atom. The highest BCUT2D eigenvalue weighted by Crippen LogP contribution is 2.28. The van der Waals surface area contributed by atoms with Crippen molar-refractivity contribution in [2.45, 2.75) is 57.5 Å². The minimum absolute atomic E-state index is 0.0973. The third-order valence-electron chi connectivity index (χ3n) is 5.57. The van der Waals surface area contributed by atoms with Gasteiger partial charge < -0.3 is 10.2 Å². The second kappa shape index (κ2) is 7.28. The summed E-state index contributed by atoms with van der Waals surface area (Å²) in [6, 6.07) is 11.1. The van der Waals surface area contributed by atoms with Crippen LogP contribution >= 0.6 is 0 Å². The first-order valence-corrected chi connectivity index (χ1v) is 8.93. The molecule has 2 aliphatic rings. The van der Waals surface area contributed by atoms with Crippen molar-refractivity contribution in [1.29, 1.82) is 0 Å². The van der Waals surface area contributed by atoms with Crippen LogP contribution in [0.5, 0.6) is 0 Å². The summed E-state index contributed by atoms with van der Waals surface area (Å²) in [4.78, 5) is 14.0. The number of nitrogens with one attached hydrogen (secondary N) is 2. The number of likely N-dealkylation sites (tertiary alicyclic amines) is 1. The second-order valence-corrected chi connectivity index (χ2v) is 7.08. The summed E-state index contributed by atoms with van der Waals surface area (Å²) >= 11 is 0. The highest BCUT2D eigenvalue weighted by atomic mass is 16.2. The lowest BCUT2D eigenvalue weighted by molar-refractivity contribution is -0.928. The van der Waals surface area contributed by atoms with Gasteiger partial charge in [-0.2, -0.15) is 0 Å². The molecule has 1 amide bonds. The summed E-state index contributed by atoms with van der Waals surface area (Å²) in [7, 11) is 0. The van der Waals surface area contributed by atoms with Crippen molar-refractivity contribution in [3.8, 4) is 0 Å². The molecule has 0 aromatic heterocycles. The topological polar surface area (TPSA) is 33.5 Å². The molecule has 1 saturated carbocycles. The molecule has 1 aliphatic carbocycles. The first kappa shape index (κ1) is 15.5. The monoisotopic (exact) mass is 301 g/mol. The van der Waals surface area contributed by atoms with Crippen molar-refractivity contribution in [2.24, 2.45) is 5.92 Å². The van der Waals surface area contributed by atoms with Crippen molar-refractivity contribution in [3.05, 3.63) is 35.9 Å². The molecule has 1 aromatic carbocycles. The SMILES string of the molecule is C[C@H](NC(=O)C[NH+]1CCC[C@H]2CCCC[C@@H]21)c1ccccc1. The van der Waals surface area contributed by atoms with E-state index < -0.39 is 0 Å². The average molecular weight is 301 g/mol. The first-order chi connectivity index (χ1) is 10.7. The Bertz CT molecular complexity index is 485. The number of amides is 1. The highest BCUT2D eigenvalue weighted by molar-refractivity contribution is 5.77. The zero-order chi connectivity index (χ0) is 15.4. The van der Waals surface area contributed by atoms with Gasteiger partial charge in [-0.3, -0.25) is 4.79 Å². The lowest BCUT2D eigenvalue weighted by Crippen LogP contribution is -3.18. The Kier molecular flexibility index (Phi) is 5.14. The van der Waals surface area contributed by atoms with E-state index in [0.29, 0.717) is 6.54 Å². The van der Waals surface area contributed by atoms with E-state index in [-0.39, 0.29) is 11.9 Å². The molecule has 1 aliphatic heterocycles. The first-order valence-electron chi connectivity index (χ1n) is 8.93. The van der Waals surface area contributed by atoms with Crippen LogP contribution in [0.15, 0.2) is 30.3 Å². The molecule has 4 atom stereocenters. The predicted octanol–water partition coefficient (Wildman–Crippen LogP) is 2.10. The lowest BCUT2D eigenvalue weighted by atomic mass is 9.78. The van der Waals surface area contributed by atoms with E-state index in [4.69, 9.17) is 0 Å². The minimum atomic E-state index is 0.0973. The minimum Gasteiger partial charge on any atom is -0.345 e. The van der Waals surface area contributed by atoms with Crippen molar-refractivity contribution in [1.82, 2.24) is 5.32 Å². The van der Waals surface area contributed by atoms with Crippen LogP contribution in [-0.2, 0) is 4.79 Å². The van der Waals surface area contributed by atoms with Gasteiger partial charge in [-0.15, -0.1) is 0 Å². The number of hydrogen-bond acceptors (Lipinski definition) is 1. The van der Waals surface area contributed by atoms with Crippen molar-refractivity contribution >= 4 is 5.91 Å². The number of quaternary nitrogens is 1. The molecule has 0 spiro atoms. The van der Waals surface area contributed by atoms with E-state index >= 15 is 0 Å². The van der Waals surface area contributed by atoms with Gasteiger partial charge in [0.1, 0.15) is 0 Å². The summed E-state index contributed by atoms with van der Waals surface area (Å²) in [6.07, 6.45) is 8.13. The van der Waals surface area contributed by atoms with Gasteiger partial charge in [-0.1, -0.05) is 36.8 Å². The quantitative estimate of drug-likeness (QED) is 0.877. The molecular formula is C19H29N2O+. The van der Waals surface area contributed by atoms with E-state index in [1.807, 2.05) is 18.2 Å². The van der Waals surface area contributed by atoms with Crippen LogP contribution < -0.4 is 10.2 Å². The molecule has 1 heterocycles. The fraction of sp³-hybridized carbons (Fsp3) is 0.632. The van der Waals surface area contributed by atoms with Gasteiger partial charge in [0.15, 0.2) is 6.54 Å². The fourth-order valence-electron chi connectivity index (χ4n) is 4.41. The van der Waals surface area contributed by atoms with Gasteiger partial charge in [-0.05, 0) is 44.6 Å². The Hall–Kier alpha value is -1.35. The third kappa shape index (κ3) is 3.70. The van der Waals surface area contributed by atoms with Gasteiger partial charge in [-0.25, -0.2) is 0 Å². The summed E-state index contributed by atoms with van der Waals surface area (Å²) in [6.45, 7) is 3.90. The van der Waals surface area contributed by atoms with E-state index in [2.05, 4.69) is 24.4 Å². The number of carbonyl (C=O) groups excluding carboxylic acids is 1. The standard InChI is InChI=1S/C19H28N2O/c1-15(16-8-3-2-4-9-16)20-19(22)14-21-13-7-11-17-10-5-6-12-18(17)21/h2-4,8-9,15,17-18H,5-7,10-14H2,1H3,(H,20,22)/p+1/t15-,17+,18-/m0/s1. The molecule has 3 heteroatoms. The zero-order valence-electron chi connectivity index (χ0n) is 13.7. The van der Waals surface area contributed by atoms with Crippen molar-refractivity contribution < 1.29 is 9.69 Å². The number of rotatable bonds is 4. The van der Waals surface area contributed by atoms with Crippen molar-refractivity contribution in [2.75, 3.05) is 13.1 Å². The Morgan fingerprint density at radius 3 is 2.73 bits per heavy atom. The maximum absolute atomic E-state index is 12.4. The van der Waals surface area contributed by atoms with Crippen LogP contribution in [0.25, 0.3) is 0 Å². The molecule has 2 fully saturated rings. The molecule has 0 bridgehead atoms.